The van der Waals surface area contributed by atoms with Gasteiger partial charge in [-0.2, -0.15) is 0 Å². The first kappa shape index (κ1) is 9.75. The molecule has 1 unspecified atom stereocenters. The molecule has 1 N–H and O–H groups in total. The average Bonchev–Trinajstić information content (AvgIpc) is 2.32. The van der Waals surface area contributed by atoms with Gasteiger partial charge in [-0.3, -0.25) is 0 Å². The van der Waals surface area contributed by atoms with Crippen LogP contribution in [0.3, 0.4) is 0 Å². The van der Waals surface area contributed by atoms with E-state index >= 15 is 0 Å². The van der Waals surface area contributed by atoms with Gasteiger partial charge < -0.3 is 9.84 Å². The molecule has 1 aliphatic heterocycles. The predicted octanol–water partition coefficient (Wildman–Crippen LogP) is 1.88. The molecule has 12 heavy (non-hydrogen) atoms. The van der Waals surface area contributed by atoms with Crippen molar-refractivity contribution in [2.75, 3.05) is 0 Å². The standard InChI is InChI=1S/C10H18O2/c1-5-10(4)7-6-8(12-10)9(2,3)11/h5,8,11H,1,6-7H2,2-4H3/t8-,10?/m1/s1. The van der Waals surface area contributed by atoms with Crippen LogP contribution in [0.25, 0.3) is 0 Å². The SMILES string of the molecule is C=CC1(C)CC[C@H](C(C)(C)O)O1. The summed E-state index contributed by atoms with van der Waals surface area (Å²) in [5.74, 6) is 0. The van der Waals surface area contributed by atoms with Crippen molar-refractivity contribution >= 4 is 0 Å². The monoisotopic (exact) mass is 170 g/mol. The molecule has 1 aliphatic rings. The Balaban J connectivity index is 2.63. The van der Waals surface area contributed by atoms with E-state index < -0.39 is 5.60 Å². The summed E-state index contributed by atoms with van der Waals surface area (Å²) in [4.78, 5) is 0. The molecule has 1 fully saturated rings. The van der Waals surface area contributed by atoms with Gasteiger partial charge in [-0.15, -0.1) is 6.58 Å². The Morgan fingerprint density at radius 3 is 2.50 bits per heavy atom. The number of hydrogen-bond donors (Lipinski definition) is 1. The van der Waals surface area contributed by atoms with Crippen molar-refractivity contribution in [2.45, 2.75) is 50.9 Å². The number of hydrogen-bond acceptors (Lipinski definition) is 2. The zero-order valence-electron chi connectivity index (χ0n) is 8.13. The molecule has 0 aromatic rings. The van der Waals surface area contributed by atoms with Gasteiger partial charge in [0.2, 0.25) is 0 Å². The second kappa shape index (κ2) is 2.86. The van der Waals surface area contributed by atoms with Crippen LogP contribution in [-0.2, 0) is 4.74 Å². The summed E-state index contributed by atoms with van der Waals surface area (Å²) in [6.45, 7) is 9.30. The van der Waals surface area contributed by atoms with Crippen molar-refractivity contribution in [3.05, 3.63) is 12.7 Å². The second-order valence-electron chi connectivity index (χ2n) is 4.32. The molecule has 2 atom stereocenters. The maximum absolute atomic E-state index is 9.69. The predicted molar refractivity (Wildman–Crippen MR) is 49.0 cm³/mol. The molecule has 2 nitrogen and oxygen atoms in total. The molecular formula is C10H18O2. The Kier molecular flexibility index (Phi) is 2.32. The topological polar surface area (TPSA) is 29.5 Å². The largest absolute Gasteiger partial charge is 0.388 e. The lowest BCUT2D eigenvalue weighted by atomic mass is 9.97. The van der Waals surface area contributed by atoms with E-state index in [0.717, 1.165) is 12.8 Å². The van der Waals surface area contributed by atoms with Crippen LogP contribution in [-0.4, -0.2) is 22.4 Å². The van der Waals surface area contributed by atoms with E-state index in [1.165, 1.54) is 0 Å². The Morgan fingerprint density at radius 1 is 1.67 bits per heavy atom. The molecule has 0 aromatic heterocycles. The summed E-state index contributed by atoms with van der Waals surface area (Å²) in [6, 6.07) is 0. The fourth-order valence-electron chi connectivity index (χ4n) is 1.51. The molecule has 0 aromatic carbocycles. The summed E-state index contributed by atoms with van der Waals surface area (Å²) in [6.07, 6.45) is 3.62. The van der Waals surface area contributed by atoms with Gasteiger partial charge in [-0.25, -0.2) is 0 Å². The maximum atomic E-state index is 9.69. The van der Waals surface area contributed by atoms with Gasteiger partial charge in [-0.1, -0.05) is 6.08 Å². The van der Waals surface area contributed by atoms with Gasteiger partial charge in [0.1, 0.15) is 0 Å². The van der Waals surface area contributed by atoms with Crippen molar-refractivity contribution in [3.63, 3.8) is 0 Å². The van der Waals surface area contributed by atoms with E-state index in [4.69, 9.17) is 4.74 Å². The molecule has 0 bridgehead atoms. The zero-order valence-corrected chi connectivity index (χ0v) is 8.13. The van der Waals surface area contributed by atoms with E-state index in [0.29, 0.717) is 0 Å². The van der Waals surface area contributed by atoms with Crippen LogP contribution >= 0.6 is 0 Å². The van der Waals surface area contributed by atoms with Crippen molar-refractivity contribution in [2.24, 2.45) is 0 Å². The van der Waals surface area contributed by atoms with E-state index in [-0.39, 0.29) is 11.7 Å². The van der Waals surface area contributed by atoms with E-state index in [1.54, 1.807) is 13.8 Å². The fourth-order valence-corrected chi connectivity index (χ4v) is 1.51. The molecule has 0 aliphatic carbocycles. The van der Waals surface area contributed by atoms with Crippen molar-refractivity contribution in [1.82, 2.24) is 0 Å². The minimum absolute atomic E-state index is 0.0551. The first-order valence-electron chi connectivity index (χ1n) is 4.41. The third kappa shape index (κ3) is 1.87. The Bertz CT molecular complexity index is 181. The molecule has 0 amide bonds. The third-order valence-electron chi connectivity index (χ3n) is 2.53. The molecule has 0 radical (unpaired) electrons. The minimum Gasteiger partial charge on any atom is -0.388 e. The molecular weight excluding hydrogens is 152 g/mol. The molecule has 2 heteroatoms. The summed E-state index contributed by atoms with van der Waals surface area (Å²) in [5, 5.41) is 9.69. The summed E-state index contributed by atoms with van der Waals surface area (Å²) in [5.41, 5.74) is -0.967. The number of aliphatic hydroxyl groups is 1. The Labute approximate surface area is 74.2 Å². The highest BCUT2D eigenvalue weighted by molar-refractivity contribution is 5.01. The van der Waals surface area contributed by atoms with E-state index in [9.17, 15) is 5.11 Å². The second-order valence-corrected chi connectivity index (χ2v) is 4.32. The van der Waals surface area contributed by atoms with Crippen LogP contribution in [0.5, 0.6) is 0 Å². The first-order chi connectivity index (χ1) is 5.37. The third-order valence-corrected chi connectivity index (χ3v) is 2.53. The van der Waals surface area contributed by atoms with Gasteiger partial charge in [0.05, 0.1) is 17.3 Å². The molecule has 1 saturated heterocycles. The van der Waals surface area contributed by atoms with Gasteiger partial charge >= 0.3 is 0 Å². The van der Waals surface area contributed by atoms with Crippen LogP contribution < -0.4 is 0 Å². The Morgan fingerprint density at radius 2 is 2.25 bits per heavy atom. The molecule has 0 spiro atoms. The van der Waals surface area contributed by atoms with Crippen LogP contribution in [0.15, 0.2) is 12.7 Å². The van der Waals surface area contributed by atoms with Gasteiger partial charge in [0.25, 0.3) is 0 Å². The first-order valence-corrected chi connectivity index (χ1v) is 4.41. The lowest BCUT2D eigenvalue weighted by Crippen LogP contribution is -2.37. The average molecular weight is 170 g/mol. The van der Waals surface area contributed by atoms with Crippen LogP contribution in [0, 0.1) is 0 Å². The van der Waals surface area contributed by atoms with Crippen LogP contribution in [0.4, 0.5) is 0 Å². The lowest BCUT2D eigenvalue weighted by Gasteiger charge is -2.28. The highest BCUT2D eigenvalue weighted by Gasteiger charge is 2.40. The number of rotatable bonds is 2. The smallest absolute Gasteiger partial charge is 0.0869 e. The lowest BCUT2D eigenvalue weighted by molar-refractivity contribution is -0.0997. The molecule has 1 heterocycles. The normalized spacial score (nSPS) is 36.8. The Hall–Kier alpha value is -0.340. The van der Waals surface area contributed by atoms with Crippen LogP contribution in [0.2, 0.25) is 0 Å². The highest BCUT2D eigenvalue weighted by Crippen LogP contribution is 2.35. The minimum atomic E-state index is -0.735. The quantitative estimate of drug-likeness (QED) is 0.641. The number of ether oxygens (including phenoxy) is 1. The maximum Gasteiger partial charge on any atom is 0.0869 e. The van der Waals surface area contributed by atoms with E-state index in [2.05, 4.69) is 6.58 Å². The summed E-state index contributed by atoms with van der Waals surface area (Å²) in [7, 11) is 0. The van der Waals surface area contributed by atoms with Crippen molar-refractivity contribution in [1.29, 1.82) is 0 Å². The molecule has 1 rings (SSSR count). The van der Waals surface area contributed by atoms with Crippen molar-refractivity contribution in [3.8, 4) is 0 Å². The summed E-state index contributed by atoms with van der Waals surface area (Å²) < 4.78 is 5.69. The van der Waals surface area contributed by atoms with Gasteiger partial charge in [0, 0.05) is 0 Å². The van der Waals surface area contributed by atoms with Crippen molar-refractivity contribution < 1.29 is 9.84 Å². The summed E-state index contributed by atoms with van der Waals surface area (Å²) >= 11 is 0. The van der Waals surface area contributed by atoms with Crippen LogP contribution in [0.1, 0.15) is 33.6 Å². The molecule has 0 saturated carbocycles. The van der Waals surface area contributed by atoms with Gasteiger partial charge in [0.15, 0.2) is 0 Å². The highest BCUT2D eigenvalue weighted by atomic mass is 16.5. The fraction of sp³-hybridized carbons (Fsp3) is 0.800. The molecule has 70 valence electrons. The zero-order chi connectivity index (χ0) is 9.41. The van der Waals surface area contributed by atoms with Gasteiger partial charge in [-0.05, 0) is 33.6 Å². The van der Waals surface area contributed by atoms with E-state index in [1.807, 2.05) is 13.0 Å².